The summed E-state index contributed by atoms with van der Waals surface area (Å²) in [5.74, 6) is 1.63. The van der Waals surface area contributed by atoms with Crippen LogP contribution in [0.1, 0.15) is 32.1 Å². The average Bonchev–Trinajstić information content (AvgIpc) is 2.90. The molecule has 66 valence electrons. The van der Waals surface area contributed by atoms with Gasteiger partial charge in [0.2, 0.25) is 0 Å². The molecule has 3 aliphatic carbocycles. The Kier molecular flexibility index (Phi) is 1.07. The molecule has 0 bridgehead atoms. The Balaban J connectivity index is 1.87. The van der Waals surface area contributed by atoms with E-state index in [0.29, 0.717) is 5.92 Å². The SMILES string of the molecule is O=C(O)C1(C2CC2)CC2CC2C1. The minimum Gasteiger partial charge on any atom is -0.481 e. The Morgan fingerprint density at radius 2 is 1.83 bits per heavy atom. The van der Waals surface area contributed by atoms with Gasteiger partial charge >= 0.3 is 5.97 Å². The Hall–Kier alpha value is -0.530. The van der Waals surface area contributed by atoms with Gasteiger partial charge in [0.25, 0.3) is 0 Å². The zero-order valence-electron chi connectivity index (χ0n) is 7.12. The summed E-state index contributed by atoms with van der Waals surface area (Å²) in [6.45, 7) is 0. The van der Waals surface area contributed by atoms with Gasteiger partial charge in [-0.2, -0.15) is 0 Å². The van der Waals surface area contributed by atoms with Crippen molar-refractivity contribution in [2.75, 3.05) is 0 Å². The van der Waals surface area contributed by atoms with E-state index in [0.717, 1.165) is 24.7 Å². The zero-order chi connectivity index (χ0) is 8.34. The third-order valence-electron chi connectivity index (χ3n) is 4.11. The topological polar surface area (TPSA) is 37.3 Å². The molecule has 0 heterocycles. The maximum Gasteiger partial charge on any atom is 0.309 e. The van der Waals surface area contributed by atoms with E-state index in [9.17, 15) is 9.90 Å². The maximum absolute atomic E-state index is 11.2. The summed E-state index contributed by atoms with van der Waals surface area (Å²) in [6.07, 6.45) is 5.66. The summed E-state index contributed by atoms with van der Waals surface area (Å²) in [7, 11) is 0. The Labute approximate surface area is 72.0 Å². The van der Waals surface area contributed by atoms with Crippen molar-refractivity contribution in [1.82, 2.24) is 0 Å². The monoisotopic (exact) mass is 166 g/mol. The molecule has 3 saturated carbocycles. The number of carboxylic acids is 1. The molecule has 12 heavy (non-hydrogen) atoms. The van der Waals surface area contributed by atoms with E-state index in [2.05, 4.69) is 0 Å². The summed E-state index contributed by atoms with van der Waals surface area (Å²) >= 11 is 0. The molecule has 2 heteroatoms. The van der Waals surface area contributed by atoms with Crippen molar-refractivity contribution in [3.8, 4) is 0 Å². The van der Waals surface area contributed by atoms with Crippen LogP contribution >= 0.6 is 0 Å². The third kappa shape index (κ3) is 0.732. The van der Waals surface area contributed by atoms with E-state index in [1.807, 2.05) is 0 Å². The first-order chi connectivity index (χ1) is 5.72. The van der Waals surface area contributed by atoms with Crippen molar-refractivity contribution in [1.29, 1.82) is 0 Å². The van der Waals surface area contributed by atoms with E-state index < -0.39 is 5.97 Å². The van der Waals surface area contributed by atoms with E-state index in [4.69, 9.17) is 0 Å². The molecule has 0 aromatic rings. The average molecular weight is 166 g/mol. The molecule has 2 atom stereocenters. The fourth-order valence-corrected chi connectivity index (χ4v) is 3.15. The van der Waals surface area contributed by atoms with E-state index >= 15 is 0 Å². The molecular weight excluding hydrogens is 152 g/mol. The Bertz CT molecular complexity index is 232. The van der Waals surface area contributed by atoms with Gasteiger partial charge in [0, 0.05) is 0 Å². The molecule has 1 N–H and O–H groups in total. The first-order valence-electron chi connectivity index (χ1n) is 4.96. The highest BCUT2D eigenvalue weighted by Crippen LogP contribution is 2.66. The number of hydrogen-bond acceptors (Lipinski definition) is 1. The fraction of sp³-hybridized carbons (Fsp3) is 0.900. The van der Waals surface area contributed by atoms with Gasteiger partial charge in [-0.3, -0.25) is 4.79 Å². The normalized spacial score (nSPS) is 50.3. The van der Waals surface area contributed by atoms with Crippen molar-refractivity contribution >= 4 is 5.97 Å². The second kappa shape index (κ2) is 1.86. The molecule has 3 aliphatic rings. The van der Waals surface area contributed by atoms with Crippen LogP contribution in [-0.4, -0.2) is 11.1 Å². The van der Waals surface area contributed by atoms with Crippen LogP contribution in [0.3, 0.4) is 0 Å². The molecule has 2 unspecified atom stereocenters. The molecule has 0 spiro atoms. The molecule has 0 aromatic carbocycles. The molecular formula is C10H14O2. The van der Waals surface area contributed by atoms with Crippen molar-refractivity contribution in [2.24, 2.45) is 23.2 Å². The van der Waals surface area contributed by atoms with E-state index in [-0.39, 0.29) is 5.41 Å². The Morgan fingerprint density at radius 3 is 2.25 bits per heavy atom. The molecule has 2 nitrogen and oxygen atoms in total. The van der Waals surface area contributed by atoms with Gasteiger partial charge in [-0.25, -0.2) is 0 Å². The molecule has 0 aliphatic heterocycles. The highest BCUT2D eigenvalue weighted by molar-refractivity contribution is 5.76. The van der Waals surface area contributed by atoms with Gasteiger partial charge in [-0.05, 0) is 49.9 Å². The number of carbonyl (C=O) groups is 1. The van der Waals surface area contributed by atoms with Gasteiger partial charge in [0.15, 0.2) is 0 Å². The molecule has 0 saturated heterocycles. The summed E-state index contributed by atoms with van der Waals surface area (Å²) in [4.78, 5) is 11.2. The zero-order valence-corrected chi connectivity index (χ0v) is 7.12. The largest absolute Gasteiger partial charge is 0.481 e. The van der Waals surface area contributed by atoms with Crippen molar-refractivity contribution in [2.45, 2.75) is 32.1 Å². The smallest absolute Gasteiger partial charge is 0.309 e. The third-order valence-corrected chi connectivity index (χ3v) is 4.11. The van der Waals surface area contributed by atoms with Gasteiger partial charge < -0.3 is 5.11 Å². The van der Waals surface area contributed by atoms with Crippen LogP contribution in [0.2, 0.25) is 0 Å². The fourth-order valence-electron chi connectivity index (χ4n) is 3.15. The Morgan fingerprint density at radius 1 is 1.25 bits per heavy atom. The molecule has 3 fully saturated rings. The number of rotatable bonds is 2. The number of aliphatic carboxylic acids is 1. The summed E-state index contributed by atoms with van der Waals surface area (Å²) in [5, 5.41) is 9.21. The maximum atomic E-state index is 11.2. The van der Waals surface area contributed by atoms with Gasteiger partial charge in [-0.1, -0.05) is 0 Å². The van der Waals surface area contributed by atoms with Crippen molar-refractivity contribution < 1.29 is 9.90 Å². The molecule has 0 radical (unpaired) electrons. The highest BCUT2D eigenvalue weighted by atomic mass is 16.4. The molecule has 0 aromatic heterocycles. The number of fused-ring (bicyclic) bond motifs is 1. The van der Waals surface area contributed by atoms with Crippen LogP contribution in [0.4, 0.5) is 0 Å². The quantitative estimate of drug-likeness (QED) is 0.680. The van der Waals surface area contributed by atoms with Crippen LogP contribution in [0.25, 0.3) is 0 Å². The standard InChI is InChI=1S/C10H14O2/c11-9(12)10(8-1-2-8)4-6-3-7(6)5-10/h6-8H,1-5H2,(H,11,12). The first-order valence-corrected chi connectivity index (χ1v) is 4.96. The van der Waals surface area contributed by atoms with Crippen molar-refractivity contribution in [3.63, 3.8) is 0 Å². The summed E-state index contributed by atoms with van der Waals surface area (Å²) in [6, 6.07) is 0. The lowest BCUT2D eigenvalue weighted by atomic mass is 9.78. The van der Waals surface area contributed by atoms with Crippen molar-refractivity contribution in [3.05, 3.63) is 0 Å². The van der Waals surface area contributed by atoms with E-state index in [1.54, 1.807) is 0 Å². The number of carboxylic acid groups (broad SMARTS) is 1. The lowest BCUT2D eigenvalue weighted by Crippen LogP contribution is -2.31. The van der Waals surface area contributed by atoms with Crippen LogP contribution in [0, 0.1) is 23.2 Å². The summed E-state index contributed by atoms with van der Waals surface area (Å²) < 4.78 is 0. The second-order valence-electron chi connectivity index (χ2n) is 4.90. The predicted octanol–water partition coefficient (Wildman–Crippen LogP) is 1.90. The number of hydrogen-bond donors (Lipinski definition) is 1. The first kappa shape index (κ1) is 6.93. The minimum absolute atomic E-state index is 0.256. The van der Waals surface area contributed by atoms with Crippen LogP contribution in [-0.2, 0) is 4.79 Å². The van der Waals surface area contributed by atoms with E-state index in [1.165, 1.54) is 19.3 Å². The van der Waals surface area contributed by atoms with Crippen LogP contribution < -0.4 is 0 Å². The highest BCUT2D eigenvalue weighted by Gasteiger charge is 2.62. The lowest BCUT2D eigenvalue weighted by Gasteiger charge is -2.25. The van der Waals surface area contributed by atoms with Crippen LogP contribution in [0.5, 0.6) is 0 Å². The van der Waals surface area contributed by atoms with Gasteiger partial charge in [0.1, 0.15) is 0 Å². The molecule has 3 rings (SSSR count). The van der Waals surface area contributed by atoms with Gasteiger partial charge in [0.05, 0.1) is 5.41 Å². The lowest BCUT2D eigenvalue weighted by molar-refractivity contribution is -0.150. The predicted molar refractivity (Wildman–Crippen MR) is 43.6 cm³/mol. The minimum atomic E-state index is -0.503. The second-order valence-corrected chi connectivity index (χ2v) is 4.90. The molecule has 0 amide bonds. The summed E-state index contributed by atoms with van der Waals surface area (Å²) in [5.41, 5.74) is -0.256. The van der Waals surface area contributed by atoms with Gasteiger partial charge in [-0.15, -0.1) is 0 Å². The van der Waals surface area contributed by atoms with Crippen LogP contribution in [0.15, 0.2) is 0 Å².